The van der Waals surface area contributed by atoms with Gasteiger partial charge in [-0.1, -0.05) is 116 Å². The third-order valence-corrected chi connectivity index (χ3v) is 16.0. The molecule has 2 aromatic carbocycles. The Morgan fingerprint density at radius 3 is 0.977 bits per heavy atom. The van der Waals surface area contributed by atoms with E-state index in [-0.39, 0.29) is 101 Å². The smallest absolute Gasteiger partial charge is 0.245 e. The zero-order valence-electron chi connectivity index (χ0n) is 52.1. The minimum Gasteiger partial charge on any atom is -0.343 e. The van der Waals surface area contributed by atoms with Gasteiger partial charge in [0.15, 0.2) is 0 Å². The Kier molecular flexibility index (Phi) is 28.4. The van der Waals surface area contributed by atoms with E-state index in [4.69, 9.17) is 11.5 Å². The van der Waals surface area contributed by atoms with Gasteiger partial charge in [-0.05, 0) is 138 Å². The molecule has 0 aliphatic carbocycles. The SMILES string of the molecule is CC(C)C[C@H]1NC(=O)[C@@H](Cc2ccccc2)NC(=O)[C@@H]2CCCN2C(=O)[C@@H](CC(C)C)NC(=O)[C@@H](CCCCN)NC(=O)[C@@H](CC(C)C)NC(=O)[C@@H](Cc2ccccc2)NC(=O)[C@@H]2CCCN2C(=O)[C@@H](CC(C)C)NC(=O)[C@@H](CCCCN)NC1=O. The number of nitrogens with two attached hydrogens (primary N) is 2. The maximum absolute atomic E-state index is 14.9. The highest BCUT2D eigenvalue weighted by molar-refractivity contribution is 6.00. The van der Waals surface area contributed by atoms with Gasteiger partial charge in [0, 0.05) is 25.9 Å². The van der Waals surface area contributed by atoms with E-state index in [1.807, 2.05) is 67.5 Å². The van der Waals surface area contributed by atoms with Gasteiger partial charge < -0.3 is 63.8 Å². The molecule has 0 aromatic heterocycles. The highest BCUT2D eigenvalue weighted by atomic mass is 16.2. The first kappa shape index (κ1) is 69.8. The van der Waals surface area contributed by atoms with Crippen LogP contribution in [0, 0.1) is 23.7 Å². The molecule has 3 aliphatic rings. The average Bonchev–Trinajstić information content (AvgIpc) is 2.86. The lowest BCUT2D eigenvalue weighted by molar-refractivity contribution is -0.143. The summed E-state index contributed by atoms with van der Waals surface area (Å²) in [6.07, 6.45) is 4.26. The van der Waals surface area contributed by atoms with Gasteiger partial charge >= 0.3 is 0 Å². The zero-order valence-corrected chi connectivity index (χ0v) is 52.1. The first-order valence-corrected chi connectivity index (χ1v) is 31.5. The molecule has 3 aliphatic heterocycles. The second-order valence-electron chi connectivity index (χ2n) is 25.3. The maximum atomic E-state index is 14.9. The molecule has 0 saturated carbocycles. The summed E-state index contributed by atoms with van der Waals surface area (Å²) in [6, 6.07) is 6.47. The van der Waals surface area contributed by atoms with Gasteiger partial charge in [-0.3, -0.25) is 47.9 Å². The second-order valence-corrected chi connectivity index (χ2v) is 25.3. The van der Waals surface area contributed by atoms with E-state index < -0.39 is 119 Å². The Hall–Kier alpha value is -6.94. The minimum atomic E-state index is -1.24. The fourth-order valence-electron chi connectivity index (χ4n) is 11.6. The molecule has 10 amide bonds. The van der Waals surface area contributed by atoms with Crippen LogP contribution in [0.3, 0.4) is 0 Å². The summed E-state index contributed by atoms with van der Waals surface area (Å²) in [7, 11) is 0. The van der Waals surface area contributed by atoms with Crippen molar-refractivity contribution in [3.05, 3.63) is 71.8 Å². The van der Waals surface area contributed by atoms with Crippen LogP contribution in [0.1, 0.15) is 156 Å². The number of nitrogens with one attached hydrogen (secondary N) is 8. The summed E-state index contributed by atoms with van der Waals surface area (Å²) < 4.78 is 0. The van der Waals surface area contributed by atoms with E-state index in [1.54, 1.807) is 48.5 Å². The van der Waals surface area contributed by atoms with E-state index in [2.05, 4.69) is 42.5 Å². The van der Waals surface area contributed by atoms with Crippen LogP contribution >= 0.6 is 0 Å². The van der Waals surface area contributed by atoms with Crippen molar-refractivity contribution in [3.63, 3.8) is 0 Å². The minimum absolute atomic E-state index is 0.0172. The number of hydrogen-bond donors (Lipinski definition) is 10. The number of benzene rings is 2. The molecule has 3 saturated heterocycles. The van der Waals surface area contributed by atoms with Crippen molar-refractivity contribution in [2.45, 2.75) is 219 Å². The van der Waals surface area contributed by atoms with Gasteiger partial charge in [0.1, 0.15) is 60.4 Å². The molecule has 476 valence electrons. The lowest BCUT2D eigenvalue weighted by Gasteiger charge is -2.32. The molecule has 0 bridgehead atoms. The van der Waals surface area contributed by atoms with Crippen molar-refractivity contribution in [2.75, 3.05) is 26.2 Å². The topological polar surface area (TPSA) is 325 Å². The molecule has 0 spiro atoms. The number of nitrogens with zero attached hydrogens (tertiary/aromatic N) is 2. The van der Waals surface area contributed by atoms with Gasteiger partial charge in [-0.15, -0.1) is 0 Å². The average molecular weight is 1200 g/mol. The number of rotatable bonds is 20. The van der Waals surface area contributed by atoms with Crippen molar-refractivity contribution in [2.24, 2.45) is 35.1 Å². The van der Waals surface area contributed by atoms with Crippen molar-refractivity contribution in [1.82, 2.24) is 52.3 Å². The van der Waals surface area contributed by atoms with Gasteiger partial charge in [0.2, 0.25) is 59.1 Å². The number of carbonyl (C=O) groups is 10. The van der Waals surface area contributed by atoms with Crippen LogP contribution in [0.25, 0.3) is 0 Å². The van der Waals surface area contributed by atoms with Crippen molar-refractivity contribution < 1.29 is 47.9 Å². The summed E-state index contributed by atoms with van der Waals surface area (Å²) in [5.41, 5.74) is 13.2. The molecule has 22 nitrogen and oxygen atoms in total. The van der Waals surface area contributed by atoms with Gasteiger partial charge in [-0.2, -0.15) is 0 Å². The normalized spacial score (nSPS) is 25.9. The third kappa shape index (κ3) is 21.8. The predicted molar refractivity (Wildman–Crippen MR) is 329 cm³/mol. The third-order valence-electron chi connectivity index (χ3n) is 16.0. The predicted octanol–water partition coefficient (Wildman–Crippen LogP) is 2.79. The highest BCUT2D eigenvalue weighted by Crippen LogP contribution is 2.24. The Labute approximate surface area is 509 Å². The lowest BCUT2D eigenvalue weighted by Crippen LogP contribution is -2.61. The summed E-state index contributed by atoms with van der Waals surface area (Å²) in [6.45, 7) is 16.1. The largest absolute Gasteiger partial charge is 0.343 e. The number of fused-ring (bicyclic) bond motifs is 2. The summed E-state index contributed by atoms with van der Waals surface area (Å²) in [5, 5.41) is 23.3. The number of amides is 10. The Morgan fingerprint density at radius 2 is 0.651 bits per heavy atom. The molecule has 22 heteroatoms. The van der Waals surface area contributed by atoms with E-state index in [0.717, 1.165) is 0 Å². The molecule has 0 radical (unpaired) electrons. The van der Waals surface area contributed by atoms with Gasteiger partial charge in [0.25, 0.3) is 0 Å². The van der Waals surface area contributed by atoms with E-state index >= 15 is 0 Å². The molecule has 3 fully saturated rings. The molecule has 3 heterocycles. The second kappa shape index (κ2) is 35.0. The van der Waals surface area contributed by atoms with Crippen LogP contribution in [0.15, 0.2) is 60.7 Å². The van der Waals surface area contributed by atoms with Crippen molar-refractivity contribution in [1.29, 1.82) is 0 Å². The molecule has 2 aromatic rings. The molecular weight excluding hydrogens is 1100 g/mol. The number of hydrogen-bond acceptors (Lipinski definition) is 12. The Morgan fingerprint density at radius 1 is 0.372 bits per heavy atom. The van der Waals surface area contributed by atoms with Crippen LogP contribution in [-0.4, -0.2) is 155 Å². The first-order chi connectivity index (χ1) is 41.0. The Balaban J connectivity index is 1.61. The molecule has 12 N–H and O–H groups in total. The van der Waals surface area contributed by atoms with Gasteiger partial charge in [-0.25, -0.2) is 0 Å². The van der Waals surface area contributed by atoms with Crippen molar-refractivity contribution in [3.8, 4) is 0 Å². The maximum Gasteiger partial charge on any atom is 0.245 e. The fourth-order valence-corrected chi connectivity index (χ4v) is 11.6. The molecule has 10 atom stereocenters. The molecular formula is C64H100N12O10. The summed E-state index contributed by atoms with van der Waals surface area (Å²) in [5.74, 6) is -6.74. The first-order valence-electron chi connectivity index (χ1n) is 31.5. The van der Waals surface area contributed by atoms with E-state index in [9.17, 15) is 47.9 Å². The summed E-state index contributed by atoms with van der Waals surface area (Å²) >= 11 is 0. The molecule has 5 rings (SSSR count). The van der Waals surface area contributed by atoms with Crippen LogP contribution in [0.5, 0.6) is 0 Å². The van der Waals surface area contributed by atoms with Crippen LogP contribution in [0.4, 0.5) is 0 Å². The number of unbranched alkanes of at least 4 members (excludes halogenated alkanes) is 2. The van der Waals surface area contributed by atoms with Gasteiger partial charge in [0.05, 0.1) is 0 Å². The molecule has 86 heavy (non-hydrogen) atoms. The highest BCUT2D eigenvalue weighted by Gasteiger charge is 2.43. The Bertz CT molecular complexity index is 2390. The monoisotopic (exact) mass is 1200 g/mol. The molecule has 0 unspecified atom stereocenters. The van der Waals surface area contributed by atoms with E-state index in [0.29, 0.717) is 62.7 Å². The quantitative estimate of drug-likeness (QED) is 0.0857. The van der Waals surface area contributed by atoms with E-state index in [1.165, 1.54) is 9.80 Å². The van der Waals surface area contributed by atoms with Crippen LogP contribution < -0.4 is 54.0 Å². The van der Waals surface area contributed by atoms with Crippen molar-refractivity contribution >= 4 is 59.1 Å². The summed E-state index contributed by atoms with van der Waals surface area (Å²) in [4.78, 5) is 150. The van der Waals surface area contributed by atoms with Crippen LogP contribution in [-0.2, 0) is 60.8 Å². The van der Waals surface area contributed by atoms with Crippen LogP contribution in [0.2, 0.25) is 0 Å². The number of carbonyl (C=O) groups excluding carboxylic acids is 10. The lowest BCUT2D eigenvalue weighted by atomic mass is 9.98. The standard InChI is InChI=1S/C64H100N12O10/c1-39(2)33-47-57(79)67-45(25-15-17-29-65)55(77)73-51(35-41(5)6)63(85)76-32-20-28-54(76)62(84)72-50(38-44-23-13-10-14-24-44)60(82)70-48(34-40(3)4)58(80)68-46(26-16-18-30-66)56(78)74-52(36-42(7)8)64(86)75-31-19-27-53(75)61(83)71-49(59(81)69-47)37-43-21-11-9-12-22-43/h9-14,21-24,39-42,45-54H,15-20,25-38,65-66H2,1-8H3,(H,67,79)(H,68,80)(H,69,81)(H,70,82)(H,71,83)(H,72,84)(H,73,77)(H,74,78)/t45-,46-,47-,48-,49-,50-,51-,52-,53+,54+/m1/s1. The fraction of sp³-hybridized carbons (Fsp3) is 0.656. The zero-order chi connectivity index (χ0) is 63.0.